The Labute approximate surface area is 232 Å². The first-order valence-electron chi connectivity index (χ1n) is 13.6. The Bertz CT molecular complexity index is 1260. The van der Waals surface area contributed by atoms with Gasteiger partial charge in [-0.15, -0.1) is 0 Å². The van der Waals surface area contributed by atoms with Gasteiger partial charge in [-0.25, -0.2) is 0 Å². The van der Waals surface area contributed by atoms with Gasteiger partial charge in [0.1, 0.15) is 0 Å². The smallest absolute Gasteiger partial charge is 0.263 e. The SMILES string of the molecule is C=C(OCC)/C(=C\C/C=C(\C)CN1C(=O)c2cccc(N3CCN([C@H](C)c4ccccc4)CC3)c2C1=O)OC. The zero-order valence-corrected chi connectivity index (χ0v) is 23.5. The fourth-order valence-electron chi connectivity index (χ4n) is 5.25. The van der Waals surface area contributed by atoms with E-state index in [0.717, 1.165) is 37.4 Å². The van der Waals surface area contributed by atoms with E-state index < -0.39 is 0 Å². The van der Waals surface area contributed by atoms with Crippen molar-refractivity contribution in [3.8, 4) is 0 Å². The molecule has 0 bridgehead atoms. The number of ether oxygens (including phenoxy) is 2. The highest BCUT2D eigenvalue weighted by Gasteiger charge is 2.38. The number of hydrogen-bond acceptors (Lipinski definition) is 6. The van der Waals surface area contributed by atoms with Crippen LogP contribution in [-0.4, -0.2) is 68.1 Å². The third-order valence-corrected chi connectivity index (χ3v) is 7.45. The van der Waals surface area contributed by atoms with E-state index in [0.29, 0.717) is 41.7 Å². The molecule has 7 heteroatoms. The number of fused-ring (bicyclic) bond motifs is 1. The van der Waals surface area contributed by atoms with Crippen LogP contribution in [0.1, 0.15) is 59.5 Å². The Morgan fingerprint density at radius 3 is 2.38 bits per heavy atom. The Kier molecular flexibility index (Phi) is 9.25. The first-order chi connectivity index (χ1) is 18.8. The fraction of sp³-hybridized carbons (Fsp3) is 0.375. The summed E-state index contributed by atoms with van der Waals surface area (Å²) in [6.07, 6.45) is 4.43. The summed E-state index contributed by atoms with van der Waals surface area (Å²) in [5.41, 5.74) is 4.08. The van der Waals surface area contributed by atoms with E-state index in [-0.39, 0.29) is 18.4 Å². The monoisotopic (exact) mass is 529 g/mol. The van der Waals surface area contributed by atoms with Gasteiger partial charge >= 0.3 is 0 Å². The number of hydrogen-bond donors (Lipinski definition) is 0. The molecule has 2 aliphatic rings. The van der Waals surface area contributed by atoms with Crippen molar-refractivity contribution in [2.24, 2.45) is 0 Å². The van der Waals surface area contributed by atoms with Crippen LogP contribution in [0.3, 0.4) is 0 Å². The Morgan fingerprint density at radius 2 is 1.72 bits per heavy atom. The average molecular weight is 530 g/mol. The number of rotatable bonds is 11. The highest BCUT2D eigenvalue weighted by atomic mass is 16.5. The third-order valence-electron chi connectivity index (χ3n) is 7.45. The minimum absolute atomic E-state index is 0.226. The zero-order valence-electron chi connectivity index (χ0n) is 23.5. The molecule has 39 heavy (non-hydrogen) atoms. The van der Waals surface area contributed by atoms with Crippen molar-refractivity contribution in [2.75, 3.05) is 51.3 Å². The molecule has 2 heterocycles. The quantitative estimate of drug-likeness (QED) is 0.164. The molecule has 0 saturated carbocycles. The van der Waals surface area contributed by atoms with Gasteiger partial charge < -0.3 is 14.4 Å². The minimum atomic E-state index is -0.237. The lowest BCUT2D eigenvalue weighted by atomic mass is 10.0. The summed E-state index contributed by atoms with van der Waals surface area (Å²) in [5.74, 6) is 0.592. The lowest BCUT2D eigenvalue weighted by molar-refractivity contribution is 0.0668. The highest BCUT2D eigenvalue weighted by molar-refractivity contribution is 6.24. The van der Waals surface area contributed by atoms with Crippen LogP contribution in [0.4, 0.5) is 5.69 Å². The molecule has 0 aliphatic carbocycles. The van der Waals surface area contributed by atoms with Crippen LogP contribution in [0, 0.1) is 0 Å². The topological polar surface area (TPSA) is 62.3 Å². The van der Waals surface area contributed by atoms with Crippen molar-refractivity contribution in [3.05, 3.63) is 101 Å². The molecular formula is C32H39N3O4. The van der Waals surface area contributed by atoms with E-state index in [1.54, 1.807) is 13.2 Å². The zero-order chi connectivity index (χ0) is 27.9. The number of nitrogens with zero attached hydrogens (tertiary/aromatic N) is 3. The summed E-state index contributed by atoms with van der Waals surface area (Å²) in [7, 11) is 1.58. The maximum atomic E-state index is 13.5. The van der Waals surface area contributed by atoms with Crippen molar-refractivity contribution in [3.63, 3.8) is 0 Å². The Balaban J connectivity index is 1.42. The van der Waals surface area contributed by atoms with Crippen LogP contribution in [0.5, 0.6) is 0 Å². The summed E-state index contributed by atoms with van der Waals surface area (Å²) < 4.78 is 10.8. The van der Waals surface area contributed by atoms with Crippen LogP contribution in [-0.2, 0) is 9.47 Å². The number of piperazine rings is 1. The number of benzene rings is 2. The van der Waals surface area contributed by atoms with E-state index in [9.17, 15) is 9.59 Å². The predicted octanol–water partition coefficient (Wildman–Crippen LogP) is 5.58. The lowest BCUT2D eigenvalue weighted by Crippen LogP contribution is -2.47. The molecule has 1 fully saturated rings. The van der Waals surface area contributed by atoms with E-state index in [1.807, 2.05) is 44.2 Å². The normalized spacial score (nSPS) is 17.3. The van der Waals surface area contributed by atoms with Crippen molar-refractivity contribution in [2.45, 2.75) is 33.2 Å². The molecule has 0 unspecified atom stereocenters. The van der Waals surface area contributed by atoms with Crippen LogP contribution >= 0.6 is 0 Å². The summed E-state index contributed by atoms with van der Waals surface area (Å²) in [6, 6.07) is 16.5. The van der Waals surface area contributed by atoms with E-state index in [2.05, 4.69) is 47.6 Å². The molecular weight excluding hydrogens is 490 g/mol. The lowest BCUT2D eigenvalue weighted by Gasteiger charge is -2.39. The summed E-state index contributed by atoms with van der Waals surface area (Å²) in [5, 5.41) is 0. The summed E-state index contributed by atoms with van der Waals surface area (Å²) in [4.78, 5) is 32.9. The maximum Gasteiger partial charge on any atom is 0.263 e. The van der Waals surface area contributed by atoms with Gasteiger partial charge in [-0.3, -0.25) is 19.4 Å². The molecule has 0 spiro atoms. The van der Waals surface area contributed by atoms with Gasteiger partial charge in [-0.2, -0.15) is 0 Å². The number of carbonyl (C=O) groups excluding carboxylic acids is 2. The molecule has 2 aliphatic heterocycles. The number of allylic oxidation sites excluding steroid dienone is 2. The standard InChI is InChI=1S/C32H39N3O4/c1-6-39-25(4)29(38-5)17-10-12-23(2)22-35-31(36)27-15-11-16-28(30(27)32(35)37)34-20-18-33(19-21-34)24(3)26-13-8-7-9-14-26/h7-9,11-17,24H,4,6,10,18-22H2,1-3,5H3/b23-12+,29-17+/t24-/m1/s1. The summed E-state index contributed by atoms with van der Waals surface area (Å²) >= 11 is 0. The first kappa shape index (κ1) is 28.2. The van der Waals surface area contributed by atoms with Gasteiger partial charge in [0.05, 0.1) is 30.5 Å². The second-order valence-electron chi connectivity index (χ2n) is 9.92. The van der Waals surface area contributed by atoms with Gasteiger partial charge in [0.2, 0.25) is 0 Å². The average Bonchev–Trinajstić information content (AvgIpc) is 3.20. The molecule has 0 aromatic heterocycles. The molecule has 2 amide bonds. The van der Waals surface area contributed by atoms with Gasteiger partial charge in [0, 0.05) is 38.8 Å². The molecule has 1 atom stereocenters. The second-order valence-corrected chi connectivity index (χ2v) is 9.92. The number of carbonyl (C=O) groups is 2. The third kappa shape index (κ3) is 6.25. The van der Waals surface area contributed by atoms with Gasteiger partial charge in [0.15, 0.2) is 11.5 Å². The summed E-state index contributed by atoms with van der Waals surface area (Å²) in [6.45, 7) is 14.1. The van der Waals surface area contributed by atoms with Crippen molar-refractivity contribution in [1.82, 2.24) is 9.80 Å². The van der Waals surface area contributed by atoms with Crippen LogP contribution in [0.2, 0.25) is 0 Å². The van der Waals surface area contributed by atoms with Crippen molar-refractivity contribution < 1.29 is 19.1 Å². The molecule has 0 N–H and O–H groups in total. The van der Waals surface area contributed by atoms with Crippen molar-refractivity contribution >= 4 is 17.5 Å². The van der Waals surface area contributed by atoms with E-state index in [4.69, 9.17) is 9.47 Å². The van der Waals surface area contributed by atoms with E-state index >= 15 is 0 Å². The minimum Gasteiger partial charge on any atom is -0.493 e. The number of anilines is 1. The molecule has 7 nitrogen and oxygen atoms in total. The largest absolute Gasteiger partial charge is 0.493 e. The van der Waals surface area contributed by atoms with Gasteiger partial charge in [-0.1, -0.05) is 54.6 Å². The molecule has 2 aromatic carbocycles. The molecule has 2 aromatic rings. The first-order valence-corrected chi connectivity index (χ1v) is 13.6. The Morgan fingerprint density at radius 1 is 1.00 bits per heavy atom. The second kappa shape index (κ2) is 12.8. The molecule has 0 radical (unpaired) electrons. The number of imide groups is 1. The van der Waals surface area contributed by atoms with Gasteiger partial charge in [-0.05, 0) is 51.0 Å². The predicted molar refractivity (Wildman–Crippen MR) is 155 cm³/mol. The highest BCUT2D eigenvalue weighted by Crippen LogP contribution is 2.33. The van der Waals surface area contributed by atoms with Gasteiger partial charge in [0.25, 0.3) is 11.8 Å². The molecule has 1 saturated heterocycles. The molecule has 4 rings (SSSR count). The number of methoxy groups -OCH3 is 1. The van der Waals surface area contributed by atoms with Crippen molar-refractivity contribution in [1.29, 1.82) is 0 Å². The van der Waals surface area contributed by atoms with E-state index in [1.165, 1.54) is 10.5 Å². The number of amides is 2. The van der Waals surface area contributed by atoms with Crippen LogP contribution in [0.15, 0.2) is 84.4 Å². The Hall–Kier alpha value is -3.84. The van der Waals surface area contributed by atoms with Crippen LogP contribution < -0.4 is 4.90 Å². The molecule has 206 valence electrons. The maximum absolute atomic E-state index is 13.5. The van der Waals surface area contributed by atoms with Crippen LogP contribution in [0.25, 0.3) is 0 Å². The fourth-order valence-corrected chi connectivity index (χ4v) is 5.25.